The van der Waals surface area contributed by atoms with Crippen LogP contribution >= 0.6 is 0 Å². The summed E-state index contributed by atoms with van der Waals surface area (Å²) in [5, 5.41) is 14.2. The fourth-order valence-corrected chi connectivity index (χ4v) is 5.62. The smallest absolute Gasteiger partial charge is 0.264 e. The highest BCUT2D eigenvalue weighted by Gasteiger charge is 2.36. The molecule has 0 fully saturated rings. The van der Waals surface area contributed by atoms with E-state index in [2.05, 4.69) is 50.2 Å². The van der Waals surface area contributed by atoms with Gasteiger partial charge in [0.05, 0.1) is 17.1 Å². The van der Waals surface area contributed by atoms with Gasteiger partial charge in [-0.05, 0) is 31.0 Å². The number of aliphatic imine (C=N–C) groups is 1. The summed E-state index contributed by atoms with van der Waals surface area (Å²) >= 11 is 0. The van der Waals surface area contributed by atoms with Crippen LogP contribution in [0.25, 0.3) is 0 Å². The van der Waals surface area contributed by atoms with Gasteiger partial charge >= 0.3 is 0 Å². The molecule has 1 aromatic heterocycles. The van der Waals surface area contributed by atoms with Crippen molar-refractivity contribution in [3.63, 3.8) is 0 Å². The second-order valence-corrected chi connectivity index (χ2v) is 10.6. The van der Waals surface area contributed by atoms with Crippen LogP contribution in [0.15, 0.2) is 77.0 Å². The molecule has 0 radical (unpaired) electrons. The fraction of sp³-hybridized carbons (Fsp3) is 0.280. The van der Waals surface area contributed by atoms with E-state index < -0.39 is 22.0 Å². The number of rotatable bonds is 8. The van der Waals surface area contributed by atoms with E-state index in [1.54, 1.807) is 35.1 Å². The SMILES string of the molecule is Cc1ccc(S(=O)(=O)N2C=CNC(=O)C2Cc2cn(CCc3ccc(C4=NCCN4)cc3)nn2)cc1. The lowest BCUT2D eigenvalue weighted by Crippen LogP contribution is -2.50. The highest BCUT2D eigenvalue weighted by Crippen LogP contribution is 2.23. The second-order valence-electron chi connectivity index (χ2n) is 8.77. The highest BCUT2D eigenvalue weighted by molar-refractivity contribution is 7.89. The first-order valence-corrected chi connectivity index (χ1v) is 13.2. The predicted octanol–water partition coefficient (Wildman–Crippen LogP) is 1.38. The van der Waals surface area contributed by atoms with Crippen LogP contribution < -0.4 is 10.6 Å². The van der Waals surface area contributed by atoms with E-state index in [1.807, 2.05) is 6.92 Å². The molecule has 3 aromatic rings. The molecule has 0 bridgehead atoms. The van der Waals surface area contributed by atoms with Gasteiger partial charge in [0.2, 0.25) is 5.91 Å². The van der Waals surface area contributed by atoms with E-state index in [4.69, 9.17) is 0 Å². The molecule has 36 heavy (non-hydrogen) atoms. The van der Waals surface area contributed by atoms with Gasteiger partial charge in [-0.1, -0.05) is 47.2 Å². The number of carbonyl (C=O) groups excluding carboxylic acids is 1. The van der Waals surface area contributed by atoms with Crippen molar-refractivity contribution in [2.45, 2.75) is 37.2 Å². The Hall–Kier alpha value is -3.99. The van der Waals surface area contributed by atoms with Crippen LogP contribution in [0, 0.1) is 6.92 Å². The average Bonchev–Trinajstić information content (AvgIpc) is 3.57. The summed E-state index contributed by atoms with van der Waals surface area (Å²) in [5.74, 6) is 0.520. The third-order valence-corrected chi connectivity index (χ3v) is 7.97. The van der Waals surface area contributed by atoms with Crippen molar-refractivity contribution in [1.82, 2.24) is 29.9 Å². The lowest BCUT2D eigenvalue weighted by molar-refractivity contribution is -0.124. The van der Waals surface area contributed by atoms with Crippen LogP contribution in [-0.2, 0) is 34.2 Å². The quantitative estimate of drug-likeness (QED) is 0.477. The first-order chi connectivity index (χ1) is 17.4. The van der Waals surface area contributed by atoms with Gasteiger partial charge in [-0.2, -0.15) is 0 Å². The highest BCUT2D eigenvalue weighted by atomic mass is 32.2. The second kappa shape index (κ2) is 9.94. The maximum Gasteiger partial charge on any atom is 0.264 e. The third-order valence-electron chi connectivity index (χ3n) is 6.17. The van der Waals surface area contributed by atoms with Crippen molar-refractivity contribution in [2.24, 2.45) is 4.99 Å². The molecule has 2 N–H and O–H groups in total. The number of nitrogens with zero attached hydrogens (tertiary/aromatic N) is 5. The summed E-state index contributed by atoms with van der Waals surface area (Å²) in [6, 6.07) is 13.8. The van der Waals surface area contributed by atoms with Crippen LogP contribution in [0.3, 0.4) is 0 Å². The van der Waals surface area contributed by atoms with Crippen LogP contribution in [-0.4, -0.2) is 58.6 Å². The fourth-order valence-electron chi connectivity index (χ4n) is 4.17. The lowest BCUT2D eigenvalue weighted by atomic mass is 10.1. The molecule has 0 saturated carbocycles. The molecule has 0 spiro atoms. The van der Waals surface area contributed by atoms with Crippen molar-refractivity contribution >= 4 is 21.8 Å². The summed E-state index contributed by atoms with van der Waals surface area (Å²) in [6.45, 7) is 4.17. The zero-order valence-electron chi connectivity index (χ0n) is 19.8. The van der Waals surface area contributed by atoms with E-state index in [-0.39, 0.29) is 11.3 Å². The predicted molar refractivity (Wildman–Crippen MR) is 135 cm³/mol. The number of carbonyl (C=O) groups is 1. The maximum atomic E-state index is 13.3. The molecular formula is C25H27N7O3S. The Kier molecular flexibility index (Phi) is 6.55. The molecule has 186 valence electrons. The molecule has 1 amide bonds. The van der Waals surface area contributed by atoms with Gasteiger partial charge in [0, 0.05) is 43.7 Å². The average molecular weight is 506 g/mol. The minimum atomic E-state index is -3.91. The largest absolute Gasteiger partial charge is 0.368 e. The first-order valence-electron chi connectivity index (χ1n) is 11.7. The monoisotopic (exact) mass is 505 g/mol. The minimum absolute atomic E-state index is 0.102. The van der Waals surface area contributed by atoms with Crippen molar-refractivity contribution < 1.29 is 13.2 Å². The van der Waals surface area contributed by atoms with Crippen molar-refractivity contribution in [3.8, 4) is 0 Å². The molecule has 3 heterocycles. The number of aryl methyl sites for hydroxylation is 3. The minimum Gasteiger partial charge on any atom is -0.368 e. The molecule has 1 unspecified atom stereocenters. The number of amides is 1. The maximum absolute atomic E-state index is 13.3. The molecule has 2 aliphatic rings. The summed E-state index contributed by atoms with van der Waals surface area (Å²) in [6.07, 6.45) is 5.33. The van der Waals surface area contributed by atoms with E-state index in [0.29, 0.717) is 12.2 Å². The Morgan fingerprint density at radius 1 is 1.08 bits per heavy atom. The standard InChI is InChI=1S/C25H27N7O3S/c1-18-2-8-22(9-3-18)36(34,35)32-15-13-28-25(33)23(32)16-21-17-31(30-29-21)14-10-19-4-6-20(7-5-19)24-26-11-12-27-24/h2-9,13,15,17,23H,10-12,14,16H2,1H3,(H,26,27)(H,28,33). The zero-order valence-corrected chi connectivity index (χ0v) is 20.6. The topological polar surface area (TPSA) is 122 Å². The van der Waals surface area contributed by atoms with Gasteiger partial charge in [-0.15, -0.1) is 5.10 Å². The van der Waals surface area contributed by atoms with Crippen molar-refractivity contribution in [1.29, 1.82) is 0 Å². The Morgan fingerprint density at radius 2 is 1.86 bits per heavy atom. The number of nitrogens with one attached hydrogen (secondary N) is 2. The number of sulfonamides is 1. The van der Waals surface area contributed by atoms with Crippen LogP contribution in [0.5, 0.6) is 0 Å². The number of hydrogen-bond donors (Lipinski definition) is 2. The molecule has 2 aromatic carbocycles. The molecule has 0 aliphatic carbocycles. The van der Waals surface area contributed by atoms with Crippen LogP contribution in [0.4, 0.5) is 0 Å². The summed E-state index contributed by atoms with van der Waals surface area (Å²) in [5.41, 5.74) is 3.71. The van der Waals surface area contributed by atoms with Gasteiger partial charge in [0.1, 0.15) is 11.9 Å². The number of hydrogen-bond acceptors (Lipinski definition) is 7. The van der Waals surface area contributed by atoms with Crippen LogP contribution in [0.2, 0.25) is 0 Å². The Bertz CT molecular complexity index is 1410. The van der Waals surface area contributed by atoms with Crippen LogP contribution in [0.1, 0.15) is 22.4 Å². The Balaban J connectivity index is 1.25. The number of amidine groups is 1. The molecule has 11 heteroatoms. The van der Waals surface area contributed by atoms with Gasteiger partial charge in [0.15, 0.2) is 0 Å². The third kappa shape index (κ3) is 5.01. The lowest BCUT2D eigenvalue weighted by Gasteiger charge is -2.31. The Labute approximate surface area is 209 Å². The molecule has 5 rings (SSSR count). The summed E-state index contributed by atoms with van der Waals surface area (Å²) in [7, 11) is -3.91. The van der Waals surface area contributed by atoms with Gasteiger partial charge in [0.25, 0.3) is 10.0 Å². The van der Waals surface area contributed by atoms with E-state index in [1.165, 1.54) is 12.4 Å². The zero-order chi connectivity index (χ0) is 25.1. The molecule has 0 saturated heterocycles. The van der Waals surface area contributed by atoms with E-state index in [9.17, 15) is 13.2 Å². The number of benzene rings is 2. The summed E-state index contributed by atoms with van der Waals surface area (Å²) in [4.78, 5) is 17.2. The van der Waals surface area contributed by atoms with Gasteiger partial charge < -0.3 is 10.6 Å². The van der Waals surface area contributed by atoms with Gasteiger partial charge in [-0.25, -0.2) is 8.42 Å². The van der Waals surface area contributed by atoms with Crippen molar-refractivity contribution in [2.75, 3.05) is 13.1 Å². The number of aromatic nitrogens is 3. The first kappa shape index (κ1) is 23.7. The molecule has 1 atom stereocenters. The normalized spacial score (nSPS) is 17.6. The van der Waals surface area contributed by atoms with Crippen molar-refractivity contribution in [3.05, 3.63) is 89.5 Å². The van der Waals surface area contributed by atoms with E-state index in [0.717, 1.165) is 46.3 Å². The Morgan fingerprint density at radius 3 is 2.58 bits per heavy atom. The molecule has 2 aliphatic heterocycles. The van der Waals surface area contributed by atoms with Gasteiger partial charge in [-0.3, -0.25) is 18.8 Å². The summed E-state index contributed by atoms with van der Waals surface area (Å²) < 4.78 is 29.3. The molecule has 10 nitrogen and oxygen atoms in total. The van der Waals surface area contributed by atoms with E-state index >= 15 is 0 Å². The molecular weight excluding hydrogens is 478 g/mol.